The quantitative estimate of drug-likeness (QED) is 0.787. The second kappa shape index (κ2) is 4.46. The maximum Gasteiger partial charge on any atom is 0.211 e. The largest absolute Gasteiger partial charge is 0.332 e. The molecule has 0 unspecified atom stereocenters. The van der Waals surface area contributed by atoms with Crippen LogP contribution in [0.25, 0.3) is 0 Å². The molecule has 0 radical (unpaired) electrons. The van der Waals surface area contributed by atoms with E-state index < -0.39 is 10.0 Å². The second-order valence-corrected chi connectivity index (χ2v) is 6.62. The van der Waals surface area contributed by atoms with Gasteiger partial charge in [0.2, 0.25) is 10.0 Å². The van der Waals surface area contributed by atoms with Gasteiger partial charge in [0, 0.05) is 31.7 Å². The van der Waals surface area contributed by atoms with Gasteiger partial charge in [-0.15, -0.1) is 0 Å². The summed E-state index contributed by atoms with van der Waals surface area (Å²) < 4.78 is 28.3. The lowest BCUT2D eigenvalue weighted by atomic mass is 10.4. The Labute approximate surface area is 111 Å². The van der Waals surface area contributed by atoms with Crippen molar-refractivity contribution in [3.63, 3.8) is 0 Å². The predicted octanol–water partition coefficient (Wildman–Crippen LogP) is -0.0969. The van der Waals surface area contributed by atoms with Crippen LogP contribution in [0.4, 0.5) is 0 Å². The van der Waals surface area contributed by atoms with Gasteiger partial charge in [0.25, 0.3) is 0 Å². The molecule has 3 rings (SSSR count). The fourth-order valence-electron chi connectivity index (χ4n) is 2.21. The summed E-state index contributed by atoms with van der Waals surface area (Å²) in [7, 11) is -3.15. The first-order chi connectivity index (χ1) is 9.02. The van der Waals surface area contributed by atoms with Crippen LogP contribution in [0.1, 0.15) is 11.5 Å². The van der Waals surface area contributed by atoms with Crippen LogP contribution >= 0.6 is 0 Å². The molecule has 102 valence electrons. The first kappa shape index (κ1) is 12.4. The van der Waals surface area contributed by atoms with Crippen LogP contribution in [0.2, 0.25) is 0 Å². The van der Waals surface area contributed by atoms with Crippen LogP contribution in [-0.2, 0) is 29.7 Å². The first-order valence-corrected chi connectivity index (χ1v) is 7.85. The first-order valence-electron chi connectivity index (χ1n) is 6.00. The summed E-state index contributed by atoms with van der Waals surface area (Å²) in [5.74, 6) is 0.791. The van der Waals surface area contributed by atoms with Gasteiger partial charge in [-0.2, -0.15) is 9.40 Å². The van der Waals surface area contributed by atoms with Gasteiger partial charge in [0.05, 0.1) is 25.0 Å². The van der Waals surface area contributed by atoms with Gasteiger partial charge in [-0.25, -0.2) is 13.4 Å². The van der Waals surface area contributed by atoms with Gasteiger partial charge < -0.3 is 4.57 Å². The van der Waals surface area contributed by atoms with Crippen molar-refractivity contribution in [2.45, 2.75) is 19.6 Å². The molecule has 0 atom stereocenters. The van der Waals surface area contributed by atoms with Gasteiger partial charge >= 0.3 is 0 Å². The standard InChI is InChI=1S/C11H15N5O2S/c1-19(17,18)16-6-5-14-7-10(13-11(14)9-16)8-15-4-2-3-12-15/h2-4,7H,5-6,8-9H2,1H3. The van der Waals surface area contributed by atoms with E-state index in [1.165, 1.54) is 10.6 Å². The summed E-state index contributed by atoms with van der Waals surface area (Å²) in [6.45, 7) is 2.10. The smallest absolute Gasteiger partial charge is 0.211 e. The summed E-state index contributed by atoms with van der Waals surface area (Å²) in [6, 6.07) is 1.86. The molecule has 2 aromatic heterocycles. The minimum Gasteiger partial charge on any atom is -0.332 e. The van der Waals surface area contributed by atoms with E-state index >= 15 is 0 Å². The highest BCUT2D eigenvalue weighted by atomic mass is 32.2. The van der Waals surface area contributed by atoms with Crippen molar-refractivity contribution in [1.29, 1.82) is 0 Å². The lowest BCUT2D eigenvalue weighted by molar-refractivity contribution is 0.338. The molecule has 0 fully saturated rings. The SMILES string of the molecule is CS(=O)(=O)N1CCn2cc(Cn3cccn3)nc2C1. The third-order valence-corrected chi connectivity index (χ3v) is 4.42. The van der Waals surface area contributed by atoms with Crippen LogP contribution in [-0.4, -0.2) is 44.9 Å². The van der Waals surface area contributed by atoms with Crippen molar-refractivity contribution in [3.05, 3.63) is 36.2 Å². The van der Waals surface area contributed by atoms with Crippen molar-refractivity contribution in [2.75, 3.05) is 12.8 Å². The highest BCUT2D eigenvalue weighted by Gasteiger charge is 2.24. The van der Waals surface area contributed by atoms with E-state index in [1.54, 1.807) is 10.9 Å². The van der Waals surface area contributed by atoms with Crippen molar-refractivity contribution in [1.82, 2.24) is 23.6 Å². The summed E-state index contributed by atoms with van der Waals surface area (Å²) in [4.78, 5) is 4.49. The average molecular weight is 281 g/mol. The lowest BCUT2D eigenvalue weighted by Gasteiger charge is -2.25. The number of fused-ring (bicyclic) bond motifs is 1. The minimum absolute atomic E-state index is 0.345. The lowest BCUT2D eigenvalue weighted by Crippen LogP contribution is -2.37. The Morgan fingerprint density at radius 1 is 1.37 bits per heavy atom. The third kappa shape index (κ3) is 2.54. The number of aromatic nitrogens is 4. The molecule has 0 aromatic carbocycles. The average Bonchev–Trinajstić information content (AvgIpc) is 2.95. The van der Waals surface area contributed by atoms with E-state index in [0.717, 1.165) is 11.5 Å². The zero-order valence-electron chi connectivity index (χ0n) is 10.6. The predicted molar refractivity (Wildman–Crippen MR) is 68.8 cm³/mol. The molecule has 0 N–H and O–H groups in total. The monoisotopic (exact) mass is 281 g/mol. The van der Waals surface area contributed by atoms with Crippen LogP contribution in [0.3, 0.4) is 0 Å². The molecule has 0 saturated heterocycles. The van der Waals surface area contributed by atoms with E-state index in [-0.39, 0.29) is 0 Å². The summed E-state index contributed by atoms with van der Waals surface area (Å²) in [5.41, 5.74) is 0.897. The van der Waals surface area contributed by atoms with Crippen molar-refractivity contribution < 1.29 is 8.42 Å². The van der Waals surface area contributed by atoms with E-state index in [4.69, 9.17) is 0 Å². The molecular weight excluding hydrogens is 266 g/mol. The Hall–Kier alpha value is -1.67. The molecule has 0 amide bonds. The van der Waals surface area contributed by atoms with Gasteiger partial charge in [-0.3, -0.25) is 4.68 Å². The van der Waals surface area contributed by atoms with Crippen LogP contribution < -0.4 is 0 Å². The zero-order valence-corrected chi connectivity index (χ0v) is 11.4. The second-order valence-electron chi connectivity index (χ2n) is 4.64. The Balaban J connectivity index is 1.81. The molecule has 19 heavy (non-hydrogen) atoms. The Kier molecular flexibility index (Phi) is 2.90. The fourth-order valence-corrected chi connectivity index (χ4v) is 2.97. The van der Waals surface area contributed by atoms with E-state index in [9.17, 15) is 8.42 Å². The molecule has 7 nitrogen and oxygen atoms in total. The maximum atomic E-state index is 11.5. The van der Waals surface area contributed by atoms with Crippen molar-refractivity contribution >= 4 is 10.0 Å². The van der Waals surface area contributed by atoms with Gasteiger partial charge in [0.1, 0.15) is 5.82 Å². The summed E-state index contributed by atoms with van der Waals surface area (Å²) >= 11 is 0. The number of sulfonamides is 1. The molecule has 1 aliphatic rings. The highest BCUT2D eigenvalue weighted by Crippen LogP contribution is 2.15. The number of hydrogen-bond acceptors (Lipinski definition) is 4. The normalized spacial score (nSPS) is 16.5. The Bertz CT molecular complexity index is 674. The van der Waals surface area contributed by atoms with E-state index in [2.05, 4.69) is 10.1 Å². The molecular formula is C11H15N5O2S. The molecule has 3 heterocycles. The molecule has 8 heteroatoms. The van der Waals surface area contributed by atoms with Crippen molar-refractivity contribution in [3.8, 4) is 0 Å². The van der Waals surface area contributed by atoms with E-state index in [0.29, 0.717) is 26.2 Å². The molecule has 1 aliphatic heterocycles. The number of imidazole rings is 1. The fraction of sp³-hybridized carbons (Fsp3) is 0.455. The van der Waals surface area contributed by atoms with Crippen LogP contribution in [0.15, 0.2) is 24.7 Å². The highest BCUT2D eigenvalue weighted by molar-refractivity contribution is 7.88. The maximum absolute atomic E-state index is 11.5. The van der Waals surface area contributed by atoms with Gasteiger partial charge in [-0.05, 0) is 6.07 Å². The van der Waals surface area contributed by atoms with Crippen molar-refractivity contribution in [2.24, 2.45) is 0 Å². The Morgan fingerprint density at radius 3 is 2.89 bits per heavy atom. The van der Waals surface area contributed by atoms with Crippen LogP contribution in [0.5, 0.6) is 0 Å². The molecule has 2 aromatic rings. The number of rotatable bonds is 3. The number of hydrogen-bond donors (Lipinski definition) is 0. The third-order valence-electron chi connectivity index (χ3n) is 3.17. The molecule has 0 saturated carbocycles. The molecule has 0 spiro atoms. The van der Waals surface area contributed by atoms with E-state index in [1.807, 2.05) is 23.0 Å². The topological polar surface area (TPSA) is 73.0 Å². The minimum atomic E-state index is -3.15. The van der Waals surface area contributed by atoms with Crippen LogP contribution in [0, 0.1) is 0 Å². The summed E-state index contributed by atoms with van der Waals surface area (Å²) in [5, 5.41) is 4.13. The van der Waals surface area contributed by atoms with Gasteiger partial charge in [-0.1, -0.05) is 0 Å². The van der Waals surface area contributed by atoms with Gasteiger partial charge in [0.15, 0.2) is 0 Å². The summed E-state index contributed by atoms with van der Waals surface area (Å²) in [6.07, 6.45) is 6.80. The number of nitrogens with zero attached hydrogens (tertiary/aromatic N) is 5. The molecule has 0 bridgehead atoms. The zero-order chi connectivity index (χ0) is 13.5. The Morgan fingerprint density at radius 2 is 2.21 bits per heavy atom. The molecule has 0 aliphatic carbocycles.